The van der Waals surface area contributed by atoms with E-state index in [1.165, 1.54) is 28.0 Å². The first kappa shape index (κ1) is 17.3. The lowest BCUT2D eigenvalue weighted by molar-refractivity contribution is 0.785. The molecule has 0 saturated heterocycles. The van der Waals surface area contributed by atoms with Gasteiger partial charge in [0.25, 0.3) is 0 Å². The fourth-order valence-corrected chi connectivity index (χ4v) is 4.55. The number of benzene rings is 3. The minimum atomic E-state index is -0.0202. The van der Waals surface area contributed by atoms with E-state index in [2.05, 4.69) is 72.9 Å². The molecule has 1 atom stereocenters. The predicted octanol–water partition coefficient (Wildman–Crippen LogP) is 6.10. The Balaban J connectivity index is 1.68. The van der Waals surface area contributed by atoms with Crippen LogP contribution in [0, 0.1) is 6.92 Å². The van der Waals surface area contributed by atoms with E-state index in [0.29, 0.717) is 0 Å². The fourth-order valence-electron chi connectivity index (χ4n) is 4.27. The number of rotatable bonds is 2. The number of fused-ring (bicyclic) bond motifs is 2. The fraction of sp³-hybridized carbons (Fsp3) is 0.160. The first-order chi connectivity index (χ1) is 13.7. The molecule has 0 radical (unpaired) electrons. The maximum atomic E-state index is 6.33. The highest BCUT2D eigenvalue weighted by molar-refractivity contribution is 6.31. The Bertz CT molecular complexity index is 1090. The zero-order chi connectivity index (χ0) is 19.1. The summed E-state index contributed by atoms with van der Waals surface area (Å²) in [7, 11) is 0. The molecule has 1 heterocycles. The van der Waals surface area contributed by atoms with E-state index >= 15 is 0 Å². The molecule has 2 nitrogen and oxygen atoms in total. The van der Waals surface area contributed by atoms with Crippen LogP contribution in [-0.4, -0.2) is 5.84 Å². The van der Waals surface area contributed by atoms with Crippen molar-refractivity contribution in [2.45, 2.75) is 25.8 Å². The normalized spacial score (nSPS) is 18.1. The Hall–Kier alpha value is -2.84. The molecule has 0 bridgehead atoms. The largest absolute Gasteiger partial charge is 0.343 e. The molecule has 0 saturated carbocycles. The lowest BCUT2D eigenvalue weighted by atomic mass is 9.81. The number of amidine groups is 1. The second-order valence-corrected chi connectivity index (χ2v) is 7.92. The summed E-state index contributed by atoms with van der Waals surface area (Å²) in [4.78, 5) is 5.18. The Morgan fingerprint density at radius 1 is 0.929 bits per heavy atom. The molecule has 0 spiro atoms. The highest BCUT2D eigenvalue weighted by Crippen LogP contribution is 2.43. The van der Waals surface area contributed by atoms with Gasteiger partial charge >= 0.3 is 0 Å². The van der Waals surface area contributed by atoms with Crippen molar-refractivity contribution in [3.05, 3.63) is 111 Å². The van der Waals surface area contributed by atoms with Crippen LogP contribution < -0.4 is 5.32 Å². The lowest BCUT2D eigenvalue weighted by Gasteiger charge is -2.33. The van der Waals surface area contributed by atoms with E-state index in [1.807, 2.05) is 12.1 Å². The number of nitrogens with one attached hydrogen (secondary N) is 1. The molecule has 3 aromatic carbocycles. The third kappa shape index (κ3) is 3.04. The third-order valence-electron chi connectivity index (χ3n) is 5.51. The molecule has 0 aromatic heterocycles. The smallest absolute Gasteiger partial charge is 0.133 e. The van der Waals surface area contributed by atoms with E-state index in [1.54, 1.807) is 0 Å². The number of allylic oxidation sites excluding steroid dienone is 1. The van der Waals surface area contributed by atoms with Crippen molar-refractivity contribution in [1.29, 1.82) is 0 Å². The van der Waals surface area contributed by atoms with Gasteiger partial charge in [0.1, 0.15) is 11.9 Å². The van der Waals surface area contributed by atoms with Crippen molar-refractivity contribution in [3.8, 4) is 0 Å². The molecule has 1 aliphatic carbocycles. The number of halogens is 1. The van der Waals surface area contributed by atoms with Gasteiger partial charge in [-0.3, -0.25) is 4.99 Å². The van der Waals surface area contributed by atoms with Crippen LogP contribution in [-0.2, 0) is 6.42 Å². The highest BCUT2D eigenvalue weighted by atomic mass is 35.5. The molecule has 1 N–H and O–H groups in total. The van der Waals surface area contributed by atoms with Crippen molar-refractivity contribution >= 4 is 23.0 Å². The predicted molar refractivity (Wildman–Crippen MR) is 117 cm³/mol. The third-order valence-corrected chi connectivity index (χ3v) is 5.73. The van der Waals surface area contributed by atoms with Crippen LogP contribution in [0.1, 0.15) is 40.3 Å². The Labute approximate surface area is 170 Å². The van der Waals surface area contributed by atoms with E-state index in [0.717, 1.165) is 34.8 Å². The van der Waals surface area contributed by atoms with Gasteiger partial charge in [0.05, 0.1) is 0 Å². The minimum absolute atomic E-state index is 0.0202. The van der Waals surface area contributed by atoms with Crippen LogP contribution in [0.2, 0.25) is 5.02 Å². The summed E-state index contributed by atoms with van der Waals surface area (Å²) in [6, 6.07) is 25.4. The Kier molecular flexibility index (Phi) is 4.29. The monoisotopic (exact) mass is 384 g/mol. The molecule has 28 heavy (non-hydrogen) atoms. The summed E-state index contributed by atoms with van der Waals surface area (Å²) in [6.07, 6.45) is 2.04. The summed E-state index contributed by atoms with van der Waals surface area (Å²) < 4.78 is 0. The summed E-state index contributed by atoms with van der Waals surface area (Å²) in [6.45, 7) is 2.06. The average Bonchev–Trinajstić information content (AvgIpc) is 2.72. The molecule has 0 amide bonds. The second-order valence-electron chi connectivity index (χ2n) is 7.48. The number of hydrogen-bond donors (Lipinski definition) is 1. The highest BCUT2D eigenvalue weighted by Gasteiger charge is 2.31. The van der Waals surface area contributed by atoms with Gasteiger partial charge in [-0.15, -0.1) is 0 Å². The van der Waals surface area contributed by atoms with Crippen molar-refractivity contribution in [1.82, 2.24) is 5.32 Å². The molecule has 138 valence electrons. The number of aliphatic imine (C=N–C) groups is 1. The van der Waals surface area contributed by atoms with Crippen molar-refractivity contribution in [2.75, 3.05) is 0 Å². The SMILES string of the molecule is Cc1cc(Cl)cc(C2=NC(c3ccccc3)C3=C(CCc4ccccc43)N2)c1. The van der Waals surface area contributed by atoms with Gasteiger partial charge in [-0.05, 0) is 60.2 Å². The van der Waals surface area contributed by atoms with Crippen molar-refractivity contribution in [3.63, 3.8) is 0 Å². The zero-order valence-electron chi connectivity index (χ0n) is 15.7. The van der Waals surface area contributed by atoms with Gasteiger partial charge in [0, 0.05) is 21.9 Å². The van der Waals surface area contributed by atoms with E-state index < -0.39 is 0 Å². The van der Waals surface area contributed by atoms with Crippen molar-refractivity contribution in [2.24, 2.45) is 4.99 Å². The first-order valence-electron chi connectivity index (χ1n) is 9.68. The number of aryl methyl sites for hydroxylation is 2. The van der Waals surface area contributed by atoms with E-state index in [4.69, 9.17) is 16.6 Å². The van der Waals surface area contributed by atoms with Gasteiger partial charge in [-0.25, -0.2) is 0 Å². The molecular formula is C25H21ClN2. The molecule has 1 aliphatic heterocycles. The number of nitrogens with zero attached hydrogens (tertiary/aromatic N) is 1. The maximum absolute atomic E-state index is 6.33. The second kappa shape index (κ2) is 6.96. The molecule has 2 aliphatic rings. The molecular weight excluding hydrogens is 364 g/mol. The number of hydrogen-bond acceptors (Lipinski definition) is 2. The standard InChI is InChI=1S/C25H21ClN2/c1-16-13-19(15-20(26)14-16)25-27-22-12-11-17-7-5-6-10-21(17)23(22)24(28-25)18-8-3-2-4-9-18/h2-10,13-15,24H,11-12H2,1H3,(H,27,28). The van der Waals surface area contributed by atoms with Gasteiger partial charge in [-0.2, -0.15) is 0 Å². The molecule has 3 heteroatoms. The molecule has 1 unspecified atom stereocenters. The summed E-state index contributed by atoms with van der Waals surface area (Å²) in [5.74, 6) is 0.901. The van der Waals surface area contributed by atoms with Crippen molar-refractivity contribution < 1.29 is 0 Å². The van der Waals surface area contributed by atoms with Gasteiger partial charge in [0.15, 0.2) is 0 Å². The van der Waals surface area contributed by atoms with Crippen LogP contribution in [0.3, 0.4) is 0 Å². The quantitative estimate of drug-likeness (QED) is 0.567. The van der Waals surface area contributed by atoms with E-state index in [-0.39, 0.29) is 6.04 Å². The molecule has 0 fully saturated rings. The molecule has 3 aromatic rings. The topological polar surface area (TPSA) is 24.4 Å². The lowest BCUT2D eigenvalue weighted by Crippen LogP contribution is -2.32. The van der Waals surface area contributed by atoms with Crippen LogP contribution in [0.5, 0.6) is 0 Å². The maximum Gasteiger partial charge on any atom is 0.133 e. The summed E-state index contributed by atoms with van der Waals surface area (Å²) in [5.41, 5.74) is 8.68. The van der Waals surface area contributed by atoms with Gasteiger partial charge in [0.2, 0.25) is 0 Å². The van der Waals surface area contributed by atoms with Crippen LogP contribution in [0.15, 0.2) is 83.5 Å². The van der Waals surface area contributed by atoms with E-state index in [9.17, 15) is 0 Å². The van der Waals surface area contributed by atoms with Crippen LogP contribution in [0.25, 0.3) is 5.57 Å². The minimum Gasteiger partial charge on any atom is -0.343 e. The van der Waals surface area contributed by atoms with Crippen LogP contribution >= 0.6 is 11.6 Å². The zero-order valence-corrected chi connectivity index (χ0v) is 16.5. The summed E-state index contributed by atoms with van der Waals surface area (Å²) in [5, 5.41) is 4.38. The molecule has 5 rings (SSSR count). The van der Waals surface area contributed by atoms with Crippen LogP contribution in [0.4, 0.5) is 0 Å². The van der Waals surface area contributed by atoms with Gasteiger partial charge < -0.3 is 5.32 Å². The Morgan fingerprint density at radius 2 is 1.71 bits per heavy atom. The first-order valence-corrected chi connectivity index (χ1v) is 10.1. The average molecular weight is 385 g/mol. The van der Waals surface area contributed by atoms with Gasteiger partial charge in [-0.1, -0.05) is 66.2 Å². The Morgan fingerprint density at radius 3 is 2.54 bits per heavy atom. The summed E-state index contributed by atoms with van der Waals surface area (Å²) >= 11 is 6.33.